The minimum Gasteiger partial charge on any atom is -0.464 e. The summed E-state index contributed by atoms with van der Waals surface area (Å²) in [5.74, 6) is -0.329. The molecule has 1 heterocycles. The van der Waals surface area contributed by atoms with E-state index in [-0.39, 0.29) is 30.4 Å². The number of hydrogen-bond donors (Lipinski definition) is 0. The summed E-state index contributed by atoms with van der Waals surface area (Å²) in [5, 5.41) is -0.413. The normalized spacial score (nSPS) is 13.5. The van der Waals surface area contributed by atoms with Crippen molar-refractivity contribution >= 4 is 23.5 Å². The van der Waals surface area contributed by atoms with Crippen molar-refractivity contribution in [3.05, 3.63) is 30.1 Å². The molecule has 0 fully saturated rings. The van der Waals surface area contributed by atoms with Crippen LogP contribution in [-0.4, -0.2) is 41.0 Å². The van der Waals surface area contributed by atoms with E-state index in [9.17, 15) is 9.59 Å². The lowest BCUT2D eigenvalue weighted by Gasteiger charge is -2.34. The summed E-state index contributed by atoms with van der Waals surface area (Å²) in [6.45, 7) is 7.29. The molecule has 6 heteroatoms. The Morgan fingerprint density at radius 2 is 2.00 bits per heavy atom. The topological polar surface area (TPSA) is 59.5 Å². The Hall–Kier alpha value is -1.62. The Labute approximate surface area is 136 Å². The molecule has 0 bridgehead atoms. The van der Waals surface area contributed by atoms with Gasteiger partial charge in [-0.15, -0.1) is 11.6 Å². The third-order valence-corrected chi connectivity index (χ3v) is 3.76. The lowest BCUT2D eigenvalue weighted by molar-refractivity contribution is -0.146. The van der Waals surface area contributed by atoms with Gasteiger partial charge in [-0.05, 0) is 18.1 Å². The molecular weight excluding hydrogens is 304 g/mol. The lowest BCUT2D eigenvalue weighted by Crippen LogP contribution is -2.46. The van der Waals surface area contributed by atoms with Gasteiger partial charge < -0.3 is 9.64 Å². The van der Waals surface area contributed by atoms with Gasteiger partial charge in [0.25, 0.3) is 0 Å². The molecule has 0 aliphatic rings. The molecule has 2 atom stereocenters. The predicted octanol–water partition coefficient (Wildman–Crippen LogP) is 2.80. The van der Waals surface area contributed by atoms with Crippen LogP contribution in [0.5, 0.6) is 0 Å². The van der Waals surface area contributed by atoms with Crippen molar-refractivity contribution in [1.82, 2.24) is 9.88 Å². The van der Waals surface area contributed by atoms with Gasteiger partial charge in [0.1, 0.15) is 6.61 Å². The Morgan fingerprint density at radius 1 is 1.32 bits per heavy atom. The molecular formula is C16H23ClN2O3. The van der Waals surface area contributed by atoms with Gasteiger partial charge in [-0.25, -0.2) is 0 Å². The number of pyridine rings is 1. The number of hydrogen-bond acceptors (Lipinski definition) is 4. The Morgan fingerprint density at radius 3 is 2.45 bits per heavy atom. The van der Waals surface area contributed by atoms with E-state index < -0.39 is 5.38 Å². The Balaban J connectivity index is 2.85. The summed E-state index contributed by atoms with van der Waals surface area (Å²) in [6.07, 6.45) is 1.67. The fraction of sp³-hybridized carbons (Fsp3) is 0.562. The minimum absolute atomic E-state index is 0.104. The van der Waals surface area contributed by atoms with Gasteiger partial charge in [0.05, 0.1) is 17.1 Å². The van der Waals surface area contributed by atoms with Gasteiger partial charge in [-0.3, -0.25) is 14.6 Å². The van der Waals surface area contributed by atoms with Crippen LogP contribution < -0.4 is 0 Å². The number of rotatable bonds is 7. The van der Waals surface area contributed by atoms with Crippen LogP contribution in [0.15, 0.2) is 24.4 Å². The summed E-state index contributed by atoms with van der Waals surface area (Å²) in [4.78, 5) is 28.9. The molecule has 0 unspecified atom stereocenters. The molecule has 5 nitrogen and oxygen atoms in total. The van der Waals surface area contributed by atoms with E-state index in [1.165, 1.54) is 13.8 Å². The third kappa shape index (κ3) is 5.64. The second-order valence-electron chi connectivity index (χ2n) is 5.51. The SMILES string of the molecule is CC(=O)OC[C@H](C(C)C)N(C[C@@H](Cl)c1ccccn1)C(C)=O. The first kappa shape index (κ1) is 18.4. The number of carbonyl (C=O) groups is 2. The number of halogens is 1. The third-order valence-electron chi connectivity index (χ3n) is 3.40. The van der Waals surface area contributed by atoms with E-state index in [0.29, 0.717) is 12.2 Å². The molecule has 1 rings (SSSR count). The highest BCUT2D eigenvalue weighted by atomic mass is 35.5. The van der Waals surface area contributed by atoms with Crippen molar-refractivity contribution in [2.45, 2.75) is 39.1 Å². The van der Waals surface area contributed by atoms with Crippen LogP contribution in [0.2, 0.25) is 0 Å². The van der Waals surface area contributed by atoms with Gasteiger partial charge in [0.2, 0.25) is 5.91 Å². The maximum Gasteiger partial charge on any atom is 0.302 e. The molecule has 1 aromatic rings. The van der Waals surface area contributed by atoms with E-state index in [1.807, 2.05) is 32.0 Å². The summed E-state index contributed by atoms with van der Waals surface area (Å²) >= 11 is 6.39. The molecule has 22 heavy (non-hydrogen) atoms. The monoisotopic (exact) mass is 326 g/mol. The number of alkyl halides is 1. The molecule has 0 radical (unpaired) electrons. The molecule has 0 saturated heterocycles. The zero-order valence-electron chi connectivity index (χ0n) is 13.5. The van der Waals surface area contributed by atoms with Gasteiger partial charge in [0, 0.05) is 26.6 Å². The highest BCUT2D eigenvalue weighted by Crippen LogP contribution is 2.22. The lowest BCUT2D eigenvalue weighted by atomic mass is 10.0. The number of nitrogens with zero attached hydrogens (tertiary/aromatic N) is 2. The fourth-order valence-electron chi connectivity index (χ4n) is 2.17. The smallest absolute Gasteiger partial charge is 0.302 e. The summed E-state index contributed by atoms with van der Waals surface area (Å²) in [7, 11) is 0. The highest BCUT2D eigenvalue weighted by Gasteiger charge is 2.28. The second-order valence-corrected chi connectivity index (χ2v) is 6.03. The zero-order chi connectivity index (χ0) is 16.7. The summed E-state index contributed by atoms with van der Waals surface area (Å²) < 4.78 is 5.09. The van der Waals surface area contributed by atoms with Crippen molar-refractivity contribution in [1.29, 1.82) is 0 Å². The van der Waals surface area contributed by atoms with Crippen molar-refractivity contribution < 1.29 is 14.3 Å². The molecule has 0 saturated carbocycles. The molecule has 0 aliphatic carbocycles. The van der Waals surface area contributed by atoms with Crippen LogP contribution in [-0.2, 0) is 14.3 Å². The largest absolute Gasteiger partial charge is 0.464 e. The molecule has 1 aromatic heterocycles. The van der Waals surface area contributed by atoms with E-state index in [2.05, 4.69) is 4.98 Å². The molecule has 0 aliphatic heterocycles. The number of amides is 1. The summed E-state index contributed by atoms with van der Waals surface area (Å²) in [5.41, 5.74) is 0.713. The van der Waals surface area contributed by atoms with Crippen LogP contribution >= 0.6 is 11.6 Å². The van der Waals surface area contributed by atoms with Crippen LogP contribution in [0.3, 0.4) is 0 Å². The summed E-state index contributed by atoms with van der Waals surface area (Å²) in [6, 6.07) is 5.28. The minimum atomic E-state index is -0.413. The highest BCUT2D eigenvalue weighted by molar-refractivity contribution is 6.20. The molecule has 1 amide bonds. The van der Waals surface area contributed by atoms with Gasteiger partial charge in [-0.1, -0.05) is 19.9 Å². The number of carbonyl (C=O) groups excluding carboxylic acids is 2. The van der Waals surface area contributed by atoms with Crippen molar-refractivity contribution in [3.8, 4) is 0 Å². The van der Waals surface area contributed by atoms with E-state index in [4.69, 9.17) is 16.3 Å². The first-order valence-electron chi connectivity index (χ1n) is 7.28. The Bertz CT molecular complexity index is 493. The van der Waals surface area contributed by atoms with Crippen molar-refractivity contribution in [3.63, 3.8) is 0 Å². The van der Waals surface area contributed by atoms with E-state index in [0.717, 1.165) is 0 Å². The van der Waals surface area contributed by atoms with Crippen LogP contribution in [0.4, 0.5) is 0 Å². The van der Waals surface area contributed by atoms with Gasteiger partial charge >= 0.3 is 5.97 Å². The zero-order valence-corrected chi connectivity index (χ0v) is 14.2. The quantitative estimate of drug-likeness (QED) is 0.571. The number of aromatic nitrogens is 1. The van der Waals surface area contributed by atoms with Gasteiger partial charge in [0.15, 0.2) is 0 Å². The fourth-order valence-corrected chi connectivity index (χ4v) is 2.45. The van der Waals surface area contributed by atoms with Crippen LogP contribution in [0.25, 0.3) is 0 Å². The van der Waals surface area contributed by atoms with Crippen LogP contribution in [0.1, 0.15) is 38.8 Å². The molecule has 0 aromatic carbocycles. The molecule has 0 spiro atoms. The maximum absolute atomic E-state index is 12.0. The van der Waals surface area contributed by atoms with Crippen molar-refractivity contribution in [2.24, 2.45) is 5.92 Å². The molecule has 122 valence electrons. The Kier molecular flexibility index (Phi) is 7.32. The molecule has 0 N–H and O–H groups in total. The average molecular weight is 327 g/mol. The van der Waals surface area contributed by atoms with Crippen molar-refractivity contribution in [2.75, 3.05) is 13.2 Å². The van der Waals surface area contributed by atoms with E-state index >= 15 is 0 Å². The first-order chi connectivity index (χ1) is 10.3. The predicted molar refractivity (Wildman–Crippen MR) is 85.5 cm³/mol. The standard InChI is InChI=1S/C16H23ClN2O3/c1-11(2)16(10-22-13(4)21)19(12(3)20)9-14(17)15-7-5-6-8-18-15/h5-8,11,14,16H,9-10H2,1-4H3/t14-,16-/m1/s1. The second kappa shape index (κ2) is 8.73. The number of ether oxygens (including phenoxy) is 1. The average Bonchev–Trinajstić information content (AvgIpc) is 2.46. The van der Waals surface area contributed by atoms with Crippen LogP contribution in [0, 0.1) is 5.92 Å². The maximum atomic E-state index is 12.0. The first-order valence-corrected chi connectivity index (χ1v) is 7.72. The van der Waals surface area contributed by atoms with E-state index in [1.54, 1.807) is 11.1 Å². The van der Waals surface area contributed by atoms with Gasteiger partial charge in [-0.2, -0.15) is 0 Å². The number of esters is 1.